The van der Waals surface area contributed by atoms with Crippen molar-refractivity contribution in [1.82, 2.24) is 10.2 Å². The maximum absolute atomic E-state index is 5.57. The maximum atomic E-state index is 5.57. The van der Waals surface area contributed by atoms with E-state index in [-0.39, 0.29) is 24.0 Å². The fraction of sp³-hybridized carbons (Fsp3) is 0.611. The van der Waals surface area contributed by atoms with Crippen molar-refractivity contribution in [2.75, 3.05) is 39.0 Å². The summed E-state index contributed by atoms with van der Waals surface area (Å²) in [6.45, 7) is 6.23. The first-order valence-corrected chi connectivity index (χ1v) is 9.67. The van der Waals surface area contributed by atoms with Crippen molar-refractivity contribution in [3.63, 3.8) is 0 Å². The third-order valence-corrected chi connectivity index (χ3v) is 5.93. The smallest absolute Gasteiger partial charge is 0.193 e. The first-order valence-electron chi connectivity index (χ1n) is 8.62. The van der Waals surface area contributed by atoms with Crippen molar-refractivity contribution in [2.45, 2.75) is 31.4 Å². The van der Waals surface area contributed by atoms with Gasteiger partial charge in [0.2, 0.25) is 0 Å². The molecule has 0 aliphatic carbocycles. The third kappa shape index (κ3) is 4.94. The predicted molar refractivity (Wildman–Crippen MR) is 114 cm³/mol. The zero-order chi connectivity index (χ0) is 16.1. The van der Waals surface area contributed by atoms with Crippen molar-refractivity contribution in [2.24, 2.45) is 4.99 Å². The summed E-state index contributed by atoms with van der Waals surface area (Å²) < 4.78 is 5.57. The Kier molecular flexibility index (Phi) is 8.00. The lowest BCUT2D eigenvalue weighted by Gasteiger charge is -2.34. The van der Waals surface area contributed by atoms with E-state index in [9.17, 15) is 0 Å². The number of aliphatic imine (C=N–C) groups is 1. The summed E-state index contributed by atoms with van der Waals surface area (Å²) in [5, 5.41) is 4.27. The normalized spacial score (nSPS) is 20.2. The van der Waals surface area contributed by atoms with E-state index < -0.39 is 0 Å². The van der Waals surface area contributed by atoms with Crippen LogP contribution in [0.2, 0.25) is 0 Å². The minimum Gasteiger partial charge on any atom is -0.493 e. The Balaban J connectivity index is 0.00000208. The highest BCUT2D eigenvalue weighted by molar-refractivity contribution is 14.0. The summed E-state index contributed by atoms with van der Waals surface area (Å²) in [7, 11) is 1.89. The average molecular weight is 461 g/mol. The molecule has 1 unspecified atom stereocenters. The Labute approximate surface area is 166 Å². The summed E-state index contributed by atoms with van der Waals surface area (Å²) in [6.07, 6.45) is 3.30. The average Bonchev–Trinajstić information content (AvgIpc) is 3.06. The van der Waals surface area contributed by atoms with E-state index in [0.717, 1.165) is 56.0 Å². The molecule has 24 heavy (non-hydrogen) atoms. The van der Waals surface area contributed by atoms with Gasteiger partial charge < -0.3 is 15.0 Å². The molecule has 4 nitrogen and oxygen atoms in total. The number of thioether (sulfide) groups is 1. The van der Waals surface area contributed by atoms with Gasteiger partial charge in [-0.05, 0) is 30.0 Å². The number of fused-ring (bicyclic) bond motifs is 1. The summed E-state index contributed by atoms with van der Waals surface area (Å²) in [5.41, 5.74) is 2.73. The first-order chi connectivity index (χ1) is 11.3. The molecule has 134 valence electrons. The molecule has 2 aliphatic heterocycles. The summed E-state index contributed by atoms with van der Waals surface area (Å²) >= 11 is 2.09. The molecular formula is C18H28IN3OS. The lowest BCUT2D eigenvalue weighted by atomic mass is 10.1. The SMILES string of the molecule is CCC1CN(C(=NC)NCCc2ccc3c(c2)CCO3)CCS1.I. The van der Waals surface area contributed by atoms with Crippen LogP contribution in [0.5, 0.6) is 5.75 Å². The monoisotopic (exact) mass is 461 g/mol. The van der Waals surface area contributed by atoms with E-state index in [2.05, 4.69) is 52.1 Å². The number of hydrogen-bond acceptors (Lipinski definition) is 3. The van der Waals surface area contributed by atoms with Crippen molar-refractivity contribution < 1.29 is 4.74 Å². The number of hydrogen-bond donors (Lipinski definition) is 1. The molecule has 0 aromatic heterocycles. The molecule has 1 aromatic carbocycles. The molecule has 1 fully saturated rings. The van der Waals surface area contributed by atoms with Gasteiger partial charge in [0.05, 0.1) is 6.61 Å². The van der Waals surface area contributed by atoms with Crippen LogP contribution < -0.4 is 10.1 Å². The summed E-state index contributed by atoms with van der Waals surface area (Å²) in [6, 6.07) is 6.58. The van der Waals surface area contributed by atoms with Crippen LogP contribution in [-0.2, 0) is 12.8 Å². The third-order valence-electron chi connectivity index (χ3n) is 4.56. The van der Waals surface area contributed by atoms with E-state index in [1.807, 2.05) is 7.05 Å². The summed E-state index contributed by atoms with van der Waals surface area (Å²) in [4.78, 5) is 6.88. The minimum atomic E-state index is 0. The molecule has 1 atom stereocenters. The van der Waals surface area contributed by atoms with E-state index in [1.54, 1.807) is 0 Å². The molecular weight excluding hydrogens is 433 g/mol. The van der Waals surface area contributed by atoms with Crippen LogP contribution in [0.1, 0.15) is 24.5 Å². The maximum Gasteiger partial charge on any atom is 0.193 e. The number of halogens is 1. The molecule has 2 heterocycles. The molecule has 1 N–H and O–H groups in total. The van der Waals surface area contributed by atoms with Crippen molar-refractivity contribution in [1.29, 1.82) is 0 Å². The fourth-order valence-electron chi connectivity index (χ4n) is 3.21. The second-order valence-corrected chi connectivity index (χ2v) is 7.52. The molecule has 0 amide bonds. The quantitative estimate of drug-likeness (QED) is 0.425. The molecule has 0 bridgehead atoms. The molecule has 2 aliphatic rings. The summed E-state index contributed by atoms with van der Waals surface area (Å²) in [5.74, 6) is 3.31. The van der Waals surface area contributed by atoms with Gasteiger partial charge in [-0.3, -0.25) is 4.99 Å². The van der Waals surface area contributed by atoms with Crippen LogP contribution in [0, 0.1) is 0 Å². The topological polar surface area (TPSA) is 36.9 Å². The zero-order valence-corrected chi connectivity index (χ0v) is 17.7. The van der Waals surface area contributed by atoms with Crippen LogP contribution in [0.15, 0.2) is 23.2 Å². The van der Waals surface area contributed by atoms with Crippen LogP contribution in [-0.4, -0.2) is 55.2 Å². The number of ether oxygens (including phenoxy) is 1. The first kappa shape index (κ1) is 19.7. The van der Waals surface area contributed by atoms with Gasteiger partial charge >= 0.3 is 0 Å². The van der Waals surface area contributed by atoms with Gasteiger partial charge in [-0.2, -0.15) is 11.8 Å². The molecule has 1 aromatic rings. The van der Waals surface area contributed by atoms with Gasteiger partial charge in [-0.1, -0.05) is 19.1 Å². The number of nitrogens with zero attached hydrogens (tertiary/aromatic N) is 2. The van der Waals surface area contributed by atoms with Crippen LogP contribution in [0.3, 0.4) is 0 Å². The van der Waals surface area contributed by atoms with E-state index >= 15 is 0 Å². The minimum absolute atomic E-state index is 0. The Morgan fingerprint density at radius 2 is 2.33 bits per heavy atom. The Bertz CT molecular complexity index is 567. The van der Waals surface area contributed by atoms with E-state index in [1.165, 1.54) is 23.3 Å². The van der Waals surface area contributed by atoms with Crippen LogP contribution >= 0.6 is 35.7 Å². The second-order valence-electron chi connectivity index (χ2n) is 6.11. The van der Waals surface area contributed by atoms with Crippen LogP contribution in [0.4, 0.5) is 0 Å². The van der Waals surface area contributed by atoms with Gasteiger partial charge in [0.1, 0.15) is 5.75 Å². The Morgan fingerprint density at radius 1 is 1.46 bits per heavy atom. The predicted octanol–water partition coefficient (Wildman–Crippen LogP) is 3.18. The van der Waals surface area contributed by atoms with Gasteiger partial charge in [0, 0.05) is 44.1 Å². The van der Waals surface area contributed by atoms with Gasteiger partial charge in [-0.15, -0.1) is 24.0 Å². The number of nitrogens with one attached hydrogen (secondary N) is 1. The Hall–Kier alpha value is -0.630. The van der Waals surface area contributed by atoms with Gasteiger partial charge in [0.25, 0.3) is 0 Å². The molecule has 6 heteroatoms. The number of rotatable bonds is 4. The van der Waals surface area contributed by atoms with Gasteiger partial charge in [0.15, 0.2) is 5.96 Å². The fourth-order valence-corrected chi connectivity index (χ4v) is 4.39. The highest BCUT2D eigenvalue weighted by Gasteiger charge is 2.21. The van der Waals surface area contributed by atoms with Crippen LogP contribution in [0.25, 0.3) is 0 Å². The second kappa shape index (κ2) is 9.75. The molecule has 1 saturated heterocycles. The van der Waals surface area contributed by atoms with E-state index in [0.29, 0.717) is 0 Å². The zero-order valence-electron chi connectivity index (χ0n) is 14.6. The largest absolute Gasteiger partial charge is 0.493 e. The highest BCUT2D eigenvalue weighted by atomic mass is 127. The number of benzene rings is 1. The van der Waals surface area contributed by atoms with Crippen molar-refractivity contribution in [3.8, 4) is 5.75 Å². The lowest BCUT2D eigenvalue weighted by molar-refractivity contribution is 0.357. The molecule has 3 rings (SSSR count). The van der Waals surface area contributed by atoms with Crippen molar-refractivity contribution in [3.05, 3.63) is 29.3 Å². The van der Waals surface area contributed by atoms with Crippen molar-refractivity contribution >= 4 is 41.7 Å². The standard InChI is InChI=1S/C18H27N3OS.HI/c1-3-16-13-21(9-11-23-16)18(19-2)20-8-6-14-4-5-17-15(12-14)7-10-22-17;/h4-5,12,16H,3,6-11,13H2,1-2H3,(H,19,20);1H. The molecule has 0 saturated carbocycles. The molecule has 0 radical (unpaired) electrons. The highest BCUT2D eigenvalue weighted by Crippen LogP contribution is 2.26. The van der Waals surface area contributed by atoms with Gasteiger partial charge in [-0.25, -0.2) is 0 Å². The lowest BCUT2D eigenvalue weighted by Crippen LogP contribution is -2.48. The molecule has 0 spiro atoms. The number of guanidine groups is 1. The van der Waals surface area contributed by atoms with E-state index in [4.69, 9.17) is 4.74 Å². The Morgan fingerprint density at radius 3 is 3.12 bits per heavy atom.